The minimum Gasteiger partial charge on any atom is -0.490 e. The van der Waals surface area contributed by atoms with E-state index >= 15 is 0 Å². The smallest absolute Gasteiger partial charge is 0.352 e. The maximum atomic E-state index is 11.1. The summed E-state index contributed by atoms with van der Waals surface area (Å²) < 4.78 is 11.3. The lowest BCUT2D eigenvalue weighted by atomic mass is 10.2. The zero-order valence-electron chi connectivity index (χ0n) is 10.3. The lowest BCUT2D eigenvalue weighted by Crippen LogP contribution is -1.97. The second-order valence-corrected chi connectivity index (χ2v) is 5.06. The molecule has 0 N–H and O–H groups in total. The van der Waals surface area contributed by atoms with Crippen LogP contribution in [0.1, 0.15) is 0 Å². The number of hydrogen-bond donors (Lipinski definition) is 0. The van der Waals surface area contributed by atoms with Crippen LogP contribution in [0, 0.1) is 10.1 Å². The van der Waals surface area contributed by atoms with Crippen molar-refractivity contribution in [1.82, 2.24) is 0 Å². The monoisotopic (exact) mass is 357 g/mol. The Morgan fingerprint density at radius 2 is 1.90 bits per heavy atom. The minimum absolute atomic E-state index is 0.0642. The Hall–Kier alpha value is -1.79. The van der Waals surface area contributed by atoms with Crippen LogP contribution >= 0.6 is 27.5 Å². The number of para-hydroxylation sites is 1. The Morgan fingerprint density at radius 3 is 2.55 bits per heavy atom. The number of hydrogen-bond acceptors (Lipinski definition) is 4. The number of nitro groups is 1. The lowest BCUT2D eigenvalue weighted by molar-refractivity contribution is -0.386. The zero-order valence-corrected chi connectivity index (χ0v) is 12.6. The summed E-state index contributed by atoms with van der Waals surface area (Å²) in [5, 5.41) is 11.5. The molecular formula is C13H9BrClNO4. The molecule has 7 heteroatoms. The van der Waals surface area contributed by atoms with Gasteiger partial charge in [0, 0.05) is 4.47 Å². The number of nitro benzene ring substituents is 1. The highest BCUT2D eigenvalue weighted by molar-refractivity contribution is 9.10. The maximum absolute atomic E-state index is 11.1. The SMILES string of the molecule is COc1cccc(Oc2cc(Br)ccc2Cl)c1[N+](=O)[O-]. The van der Waals surface area contributed by atoms with Gasteiger partial charge in [-0.3, -0.25) is 10.1 Å². The largest absolute Gasteiger partial charge is 0.490 e. The Balaban J connectivity index is 2.48. The van der Waals surface area contributed by atoms with Crippen molar-refractivity contribution in [3.63, 3.8) is 0 Å². The third-order valence-electron chi connectivity index (χ3n) is 2.48. The van der Waals surface area contributed by atoms with E-state index in [1.807, 2.05) is 0 Å². The van der Waals surface area contributed by atoms with Gasteiger partial charge in [0.2, 0.25) is 11.5 Å². The molecule has 0 unspecified atom stereocenters. The fourth-order valence-electron chi connectivity index (χ4n) is 1.60. The predicted molar refractivity (Wildman–Crippen MR) is 78.9 cm³/mol. The molecule has 5 nitrogen and oxygen atoms in total. The van der Waals surface area contributed by atoms with E-state index in [1.165, 1.54) is 19.2 Å². The first-order valence-corrected chi connectivity index (χ1v) is 6.64. The Kier molecular flexibility index (Phi) is 4.46. The number of ether oxygens (including phenoxy) is 2. The molecule has 2 aromatic rings. The van der Waals surface area contributed by atoms with Crippen LogP contribution in [-0.2, 0) is 0 Å². The Labute approximate surface area is 128 Å². The molecule has 0 saturated carbocycles. The Bertz CT molecular complexity index is 663. The molecule has 0 radical (unpaired) electrons. The maximum Gasteiger partial charge on any atom is 0.352 e. The van der Waals surface area contributed by atoms with Gasteiger partial charge in [-0.05, 0) is 30.3 Å². The lowest BCUT2D eigenvalue weighted by Gasteiger charge is -2.10. The first kappa shape index (κ1) is 14.6. The molecule has 104 valence electrons. The van der Waals surface area contributed by atoms with Crippen LogP contribution in [0.15, 0.2) is 40.9 Å². The molecule has 0 fully saturated rings. The number of rotatable bonds is 4. The summed E-state index contributed by atoms with van der Waals surface area (Å²) in [6, 6.07) is 9.59. The second-order valence-electron chi connectivity index (χ2n) is 3.74. The summed E-state index contributed by atoms with van der Waals surface area (Å²) in [7, 11) is 1.36. The summed E-state index contributed by atoms with van der Waals surface area (Å²) >= 11 is 9.29. The highest BCUT2D eigenvalue weighted by Gasteiger charge is 2.23. The third kappa shape index (κ3) is 3.02. The van der Waals surface area contributed by atoms with Gasteiger partial charge >= 0.3 is 5.69 Å². The molecule has 0 aromatic heterocycles. The molecule has 0 saturated heterocycles. The molecule has 0 aliphatic heterocycles. The van der Waals surface area contributed by atoms with Gasteiger partial charge in [-0.25, -0.2) is 0 Å². The number of benzene rings is 2. The normalized spacial score (nSPS) is 10.2. The van der Waals surface area contributed by atoms with Gasteiger partial charge < -0.3 is 9.47 Å². The molecule has 0 bridgehead atoms. The van der Waals surface area contributed by atoms with E-state index in [-0.39, 0.29) is 17.2 Å². The van der Waals surface area contributed by atoms with Crippen molar-refractivity contribution in [1.29, 1.82) is 0 Å². The van der Waals surface area contributed by atoms with Gasteiger partial charge in [0.05, 0.1) is 17.1 Å². The van der Waals surface area contributed by atoms with Crippen LogP contribution in [0.5, 0.6) is 17.2 Å². The highest BCUT2D eigenvalue weighted by atomic mass is 79.9. The second kappa shape index (κ2) is 6.11. The van der Waals surface area contributed by atoms with Gasteiger partial charge in [0.1, 0.15) is 5.75 Å². The van der Waals surface area contributed by atoms with E-state index in [9.17, 15) is 10.1 Å². The van der Waals surface area contributed by atoms with Crippen molar-refractivity contribution in [2.24, 2.45) is 0 Å². The number of methoxy groups -OCH3 is 1. The molecule has 0 amide bonds. The first-order valence-electron chi connectivity index (χ1n) is 5.47. The van der Waals surface area contributed by atoms with Crippen LogP contribution in [0.25, 0.3) is 0 Å². The molecule has 0 aliphatic rings. The van der Waals surface area contributed by atoms with Gasteiger partial charge in [-0.15, -0.1) is 0 Å². The molecule has 2 aromatic carbocycles. The van der Waals surface area contributed by atoms with Crippen molar-refractivity contribution in [3.8, 4) is 17.2 Å². The summed E-state index contributed by atoms with van der Waals surface area (Å²) in [6.45, 7) is 0. The number of nitrogens with zero attached hydrogens (tertiary/aromatic N) is 1. The van der Waals surface area contributed by atoms with Crippen LogP contribution in [0.2, 0.25) is 5.02 Å². The van der Waals surface area contributed by atoms with Gasteiger partial charge in [0.25, 0.3) is 0 Å². The van der Waals surface area contributed by atoms with Crippen molar-refractivity contribution in [2.45, 2.75) is 0 Å². The van der Waals surface area contributed by atoms with Crippen molar-refractivity contribution >= 4 is 33.2 Å². The number of halogens is 2. The van der Waals surface area contributed by atoms with E-state index in [0.717, 1.165) is 4.47 Å². The fraction of sp³-hybridized carbons (Fsp3) is 0.0769. The van der Waals surface area contributed by atoms with Gasteiger partial charge in [-0.2, -0.15) is 0 Å². The predicted octanol–water partition coefficient (Wildman–Crippen LogP) is 4.81. The van der Waals surface area contributed by atoms with Crippen molar-refractivity contribution in [3.05, 3.63) is 56.0 Å². The minimum atomic E-state index is -0.555. The van der Waals surface area contributed by atoms with Crippen LogP contribution in [-0.4, -0.2) is 12.0 Å². The van der Waals surface area contributed by atoms with Crippen LogP contribution in [0.3, 0.4) is 0 Å². The van der Waals surface area contributed by atoms with E-state index < -0.39 is 4.92 Å². The molecule has 2 rings (SSSR count). The van der Waals surface area contributed by atoms with E-state index in [4.69, 9.17) is 21.1 Å². The molecule has 0 spiro atoms. The molecule has 0 heterocycles. The van der Waals surface area contributed by atoms with Gasteiger partial charge in [-0.1, -0.05) is 33.6 Å². The van der Waals surface area contributed by atoms with E-state index in [2.05, 4.69) is 15.9 Å². The van der Waals surface area contributed by atoms with E-state index in [0.29, 0.717) is 10.8 Å². The molecular weight excluding hydrogens is 350 g/mol. The summed E-state index contributed by atoms with van der Waals surface area (Å²) in [5.74, 6) is 0.505. The van der Waals surface area contributed by atoms with Gasteiger partial charge in [0.15, 0.2) is 0 Å². The molecule has 0 atom stereocenters. The quantitative estimate of drug-likeness (QED) is 0.581. The van der Waals surface area contributed by atoms with Crippen molar-refractivity contribution < 1.29 is 14.4 Å². The first-order chi connectivity index (χ1) is 9.52. The van der Waals surface area contributed by atoms with Crippen LogP contribution in [0.4, 0.5) is 5.69 Å². The topological polar surface area (TPSA) is 61.6 Å². The summed E-state index contributed by atoms with van der Waals surface area (Å²) in [6.07, 6.45) is 0. The highest BCUT2D eigenvalue weighted by Crippen LogP contribution is 2.40. The standard InChI is InChI=1S/C13H9BrClNO4/c1-19-10-3-2-4-11(13(10)16(17)18)20-12-7-8(14)5-6-9(12)15/h2-7H,1H3. The zero-order chi connectivity index (χ0) is 14.7. The van der Waals surface area contributed by atoms with E-state index in [1.54, 1.807) is 24.3 Å². The average Bonchev–Trinajstić information content (AvgIpc) is 2.42. The summed E-state index contributed by atoms with van der Waals surface area (Å²) in [5.41, 5.74) is -0.244. The van der Waals surface area contributed by atoms with Crippen LogP contribution < -0.4 is 9.47 Å². The fourth-order valence-corrected chi connectivity index (χ4v) is 2.10. The summed E-state index contributed by atoms with van der Waals surface area (Å²) in [4.78, 5) is 10.6. The van der Waals surface area contributed by atoms with Crippen molar-refractivity contribution in [2.75, 3.05) is 7.11 Å². The molecule has 0 aliphatic carbocycles. The third-order valence-corrected chi connectivity index (χ3v) is 3.28. The molecule has 20 heavy (non-hydrogen) atoms. The average molecular weight is 359 g/mol. The Morgan fingerprint density at radius 1 is 1.20 bits per heavy atom.